The van der Waals surface area contributed by atoms with Crippen LogP contribution in [0.2, 0.25) is 0 Å². The van der Waals surface area contributed by atoms with E-state index in [0.29, 0.717) is 33.2 Å². The molecule has 2 aromatic carbocycles. The molecular weight excluding hydrogens is 522 g/mol. The summed E-state index contributed by atoms with van der Waals surface area (Å²) < 4.78 is 35.6. The zero-order chi connectivity index (χ0) is 26.1. The lowest BCUT2D eigenvalue weighted by atomic mass is 10.1. The lowest BCUT2D eigenvalue weighted by Crippen LogP contribution is -2.21. The second kappa shape index (κ2) is 12.7. The lowest BCUT2D eigenvalue weighted by Gasteiger charge is -2.08. The summed E-state index contributed by atoms with van der Waals surface area (Å²) in [5.41, 5.74) is 5.54. The molecule has 0 unspecified atom stereocenters. The number of benzene rings is 2. The highest BCUT2D eigenvalue weighted by molar-refractivity contribution is 7.99. The fraction of sp³-hybridized carbons (Fsp3) is 0.208. The smallest absolute Gasteiger partial charge is 0.274 e. The Balaban J connectivity index is 1.62. The highest BCUT2D eigenvalue weighted by Gasteiger charge is 2.19. The van der Waals surface area contributed by atoms with E-state index in [2.05, 4.69) is 15.8 Å². The number of carbonyl (C=O) groups excluding carboxylic acids is 2. The van der Waals surface area contributed by atoms with Gasteiger partial charge in [-0.05, 0) is 65.4 Å². The second-order valence-electron chi connectivity index (χ2n) is 7.59. The zero-order valence-corrected chi connectivity index (χ0v) is 22.0. The van der Waals surface area contributed by atoms with Crippen LogP contribution in [0.15, 0.2) is 59.0 Å². The number of rotatable bonds is 11. The van der Waals surface area contributed by atoms with Gasteiger partial charge in [-0.3, -0.25) is 14.1 Å². The summed E-state index contributed by atoms with van der Waals surface area (Å²) in [7, 11) is -2.42. The van der Waals surface area contributed by atoms with Gasteiger partial charge in [-0.1, -0.05) is 12.1 Å². The molecule has 0 saturated heterocycles. The number of thiophene rings is 1. The summed E-state index contributed by atoms with van der Waals surface area (Å²) in [6, 6.07) is 14.1. The average Bonchev–Trinajstić information content (AvgIpc) is 3.21. The monoisotopic (exact) mass is 547 g/mol. The van der Waals surface area contributed by atoms with Gasteiger partial charge in [-0.25, -0.2) is 5.43 Å². The van der Waals surface area contributed by atoms with Crippen LogP contribution >= 0.6 is 23.1 Å². The number of methoxy groups -OCH3 is 1. The van der Waals surface area contributed by atoms with Crippen LogP contribution in [-0.2, 0) is 15.9 Å². The molecule has 0 spiro atoms. The first kappa shape index (κ1) is 27.4. The third kappa shape index (κ3) is 8.19. The van der Waals surface area contributed by atoms with Crippen molar-refractivity contribution in [3.63, 3.8) is 0 Å². The maximum absolute atomic E-state index is 12.9. The number of hydrazone groups is 1. The molecule has 0 aliphatic rings. The van der Waals surface area contributed by atoms with Crippen LogP contribution in [-0.4, -0.2) is 49.6 Å². The normalized spacial score (nSPS) is 11.4. The SMILES string of the molecule is COc1ccc(/C=N/NC(=O)c2c(C)csc2NC(=O)c2cccc(CSCCS(=O)(=O)O)c2)cc1. The van der Waals surface area contributed by atoms with Gasteiger partial charge in [0.25, 0.3) is 21.9 Å². The van der Waals surface area contributed by atoms with Crippen molar-refractivity contribution in [1.82, 2.24) is 5.43 Å². The van der Waals surface area contributed by atoms with Crippen molar-refractivity contribution in [2.24, 2.45) is 5.10 Å². The molecule has 12 heteroatoms. The minimum atomic E-state index is -4.00. The molecule has 0 fully saturated rings. The number of amides is 2. The molecule has 9 nitrogen and oxygen atoms in total. The first-order valence-electron chi connectivity index (χ1n) is 10.6. The molecule has 0 aliphatic heterocycles. The van der Waals surface area contributed by atoms with Crippen LogP contribution < -0.4 is 15.5 Å². The van der Waals surface area contributed by atoms with E-state index in [9.17, 15) is 18.0 Å². The topological polar surface area (TPSA) is 134 Å². The number of anilines is 1. The molecular formula is C24H25N3O6S3. The molecule has 3 N–H and O–H groups in total. The van der Waals surface area contributed by atoms with Crippen LogP contribution in [0.3, 0.4) is 0 Å². The van der Waals surface area contributed by atoms with Crippen molar-refractivity contribution in [2.45, 2.75) is 12.7 Å². The van der Waals surface area contributed by atoms with E-state index in [1.165, 1.54) is 29.3 Å². The summed E-state index contributed by atoms with van der Waals surface area (Å²) in [5.74, 6) is 0.282. The maximum atomic E-state index is 12.9. The Morgan fingerprint density at radius 1 is 1.17 bits per heavy atom. The molecule has 0 aliphatic carbocycles. The Morgan fingerprint density at radius 3 is 2.61 bits per heavy atom. The predicted octanol–water partition coefficient (Wildman–Crippen LogP) is 4.20. The quantitative estimate of drug-likeness (QED) is 0.142. The van der Waals surface area contributed by atoms with Gasteiger partial charge in [-0.15, -0.1) is 11.3 Å². The average molecular weight is 548 g/mol. The number of hydrogen-bond acceptors (Lipinski definition) is 8. The van der Waals surface area contributed by atoms with Crippen LogP contribution in [0.1, 0.15) is 37.4 Å². The Morgan fingerprint density at radius 2 is 1.92 bits per heavy atom. The van der Waals surface area contributed by atoms with Crippen molar-refractivity contribution >= 4 is 56.2 Å². The third-order valence-electron chi connectivity index (χ3n) is 4.87. The van der Waals surface area contributed by atoms with Gasteiger partial charge < -0.3 is 10.1 Å². The minimum absolute atomic E-state index is 0.239. The van der Waals surface area contributed by atoms with Gasteiger partial charge in [0.1, 0.15) is 10.8 Å². The Labute approximate surface area is 217 Å². The van der Waals surface area contributed by atoms with Gasteiger partial charge >= 0.3 is 0 Å². The molecule has 0 atom stereocenters. The Kier molecular flexibility index (Phi) is 9.65. The van der Waals surface area contributed by atoms with E-state index in [4.69, 9.17) is 9.29 Å². The summed E-state index contributed by atoms with van der Waals surface area (Å²) in [5, 5.41) is 8.99. The van der Waals surface area contributed by atoms with Crippen molar-refractivity contribution in [2.75, 3.05) is 23.9 Å². The highest BCUT2D eigenvalue weighted by atomic mass is 32.2. The largest absolute Gasteiger partial charge is 0.497 e. The van der Waals surface area contributed by atoms with E-state index < -0.39 is 16.0 Å². The maximum Gasteiger partial charge on any atom is 0.274 e. The summed E-state index contributed by atoms with van der Waals surface area (Å²) in [6.45, 7) is 1.78. The van der Waals surface area contributed by atoms with Gasteiger partial charge in [0.15, 0.2) is 0 Å². The minimum Gasteiger partial charge on any atom is -0.497 e. The fourth-order valence-electron chi connectivity index (χ4n) is 3.06. The molecule has 0 bridgehead atoms. The van der Waals surface area contributed by atoms with E-state index in [0.717, 1.165) is 11.1 Å². The second-order valence-corrected chi connectivity index (χ2v) is 11.1. The van der Waals surface area contributed by atoms with Crippen LogP contribution in [0.5, 0.6) is 5.75 Å². The lowest BCUT2D eigenvalue weighted by molar-refractivity contribution is 0.0956. The highest BCUT2D eigenvalue weighted by Crippen LogP contribution is 2.28. The Bertz CT molecular complexity index is 1350. The molecule has 3 rings (SSSR count). The molecule has 1 aromatic heterocycles. The van der Waals surface area contributed by atoms with Crippen LogP contribution in [0.4, 0.5) is 5.00 Å². The molecule has 190 valence electrons. The van der Waals surface area contributed by atoms with Crippen LogP contribution in [0, 0.1) is 6.92 Å². The third-order valence-corrected chi connectivity index (χ3v) is 7.89. The summed E-state index contributed by atoms with van der Waals surface area (Å²) in [4.78, 5) is 25.6. The predicted molar refractivity (Wildman–Crippen MR) is 144 cm³/mol. The zero-order valence-electron chi connectivity index (χ0n) is 19.6. The molecule has 0 saturated carbocycles. The van der Waals surface area contributed by atoms with Crippen molar-refractivity contribution in [3.8, 4) is 5.75 Å². The molecule has 36 heavy (non-hydrogen) atoms. The number of nitrogens with one attached hydrogen (secondary N) is 2. The van der Waals surface area contributed by atoms with E-state index >= 15 is 0 Å². The van der Waals surface area contributed by atoms with E-state index in [1.807, 2.05) is 6.07 Å². The van der Waals surface area contributed by atoms with Crippen LogP contribution in [0.25, 0.3) is 0 Å². The molecule has 0 radical (unpaired) electrons. The van der Waals surface area contributed by atoms with Crippen molar-refractivity contribution in [1.29, 1.82) is 0 Å². The summed E-state index contributed by atoms with van der Waals surface area (Å²) >= 11 is 2.58. The standard InChI is InChI=1S/C24H25N3O6S3/c1-16-14-35-24(21(16)23(29)27-25-13-17-6-8-20(33-2)9-7-17)26-22(28)19-5-3-4-18(12-19)15-34-10-11-36(30,31)32/h3-9,12-14H,10-11,15H2,1-2H3,(H,26,28)(H,27,29)(H,30,31,32)/b25-13+. The number of carbonyl (C=O) groups is 2. The summed E-state index contributed by atoms with van der Waals surface area (Å²) in [6.07, 6.45) is 1.51. The van der Waals surface area contributed by atoms with Gasteiger partial charge in [0.05, 0.1) is 24.6 Å². The van der Waals surface area contributed by atoms with Gasteiger partial charge in [0, 0.05) is 17.1 Å². The van der Waals surface area contributed by atoms with Gasteiger partial charge in [-0.2, -0.15) is 25.3 Å². The Hall–Kier alpha value is -3.19. The number of aryl methyl sites for hydroxylation is 1. The van der Waals surface area contributed by atoms with Gasteiger partial charge in [0.2, 0.25) is 0 Å². The number of ether oxygens (including phenoxy) is 1. The van der Waals surface area contributed by atoms with Crippen molar-refractivity contribution < 1.29 is 27.3 Å². The fourth-order valence-corrected chi connectivity index (χ4v) is 5.87. The number of nitrogens with zero attached hydrogens (tertiary/aromatic N) is 1. The first-order chi connectivity index (χ1) is 17.2. The van der Waals surface area contributed by atoms with E-state index in [-0.39, 0.29) is 17.4 Å². The number of thioether (sulfide) groups is 1. The molecule has 2 amide bonds. The van der Waals surface area contributed by atoms with Crippen molar-refractivity contribution in [3.05, 3.63) is 81.7 Å². The molecule has 1 heterocycles. The number of hydrogen-bond donors (Lipinski definition) is 3. The first-order valence-corrected chi connectivity index (χ1v) is 14.3. The van der Waals surface area contributed by atoms with E-state index in [1.54, 1.807) is 61.9 Å². The molecule has 3 aromatic rings.